The number of carbonyl (C=O) groups is 1. The molecule has 3 heterocycles. The molecule has 0 aromatic carbocycles. The maximum atomic E-state index is 10.7. The van der Waals surface area contributed by atoms with E-state index in [2.05, 4.69) is 10.1 Å². The first kappa shape index (κ1) is 11.9. The molecular formula is C12H14N4O3. The second kappa shape index (κ2) is 4.85. The smallest absolute Gasteiger partial charge is 0.306 e. The summed E-state index contributed by atoms with van der Waals surface area (Å²) in [6, 6.07) is 3.71. The predicted molar refractivity (Wildman–Crippen MR) is 67.2 cm³/mol. The van der Waals surface area contributed by atoms with Gasteiger partial charge in [0, 0.05) is 25.4 Å². The molecule has 19 heavy (non-hydrogen) atoms. The molecule has 1 N–H and O–H groups in total. The third-order valence-electron chi connectivity index (χ3n) is 3.11. The average Bonchev–Trinajstić information content (AvgIpc) is 2.85. The van der Waals surface area contributed by atoms with Crippen LogP contribution in [0.3, 0.4) is 0 Å². The lowest BCUT2D eigenvalue weighted by Gasteiger charge is -2.33. The van der Waals surface area contributed by atoms with Crippen LogP contribution in [-0.2, 0) is 9.53 Å². The number of carboxylic acid groups (broad SMARTS) is 1. The molecule has 0 radical (unpaired) electrons. The van der Waals surface area contributed by atoms with Crippen LogP contribution in [0.1, 0.15) is 6.42 Å². The van der Waals surface area contributed by atoms with Crippen LogP contribution in [0.4, 0.5) is 5.82 Å². The van der Waals surface area contributed by atoms with E-state index in [0.717, 1.165) is 11.5 Å². The van der Waals surface area contributed by atoms with Gasteiger partial charge in [0.1, 0.15) is 5.82 Å². The third kappa shape index (κ3) is 2.50. The Morgan fingerprint density at radius 1 is 1.53 bits per heavy atom. The topological polar surface area (TPSA) is 80.0 Å². The van der Waals surface area contributed by atoms with Crippen molar-refractivity contribution in [2.75, 3.05) is 24.6 Å². The van der Waals surface area contributed by atoms with Gasteiger partial charge in [-0.2, -0.15) is 5.10 Å². The van der Waals surface area contributed by atoms with Crippen molar-refractivity contribution in [1.82, 2.24) is 14.6 Å². The average molecular weight is 262 g/mol. The lowest BCUT2D eigenvalue weighted by molar-refractivity contribution is -0.140. The summed E-state index contributed by atoms with van der Waals surface area (Å²) in [6.07, 6.45) is 3.28. The highest BCUT2D eigenvalue weighted by Gasteiger charge is 2.23. The van der Waals surface area contributed by atoms with Crippen LogP contribution in [0.2, 0.25) is 0 Å². The van der Waals surface area contributed by atoms with Crippen LogP contribution in [0, 0.1) is 0 Å². The molecule has 1 atom stereocenters. The van der Waals surface area contributed by atoms with Gasteiger partial charge in [-0.25, -0.2) is 9.50 Å². The van der Waals surface area contributed by atoms with Gasteiger partial charge < -0.3 is 14.7 Å². The molecule has 1 fully saturated rings. The Morgan fingerprint density at radius 2 is 2.42 bits per heavy atom. The van der Waals surface area contributed by atoms with E-state index in [-0.39, 0.29) is 12.5 Å². The largest absolute Gasteiger partial charge is 0.481 e. The third-order valence-corrected chi connectivity index (χ3v) is 3.11. The quantitative estimate of drug-likeness (QED) is 0.863. The molecule has 0 spiro atoms. The normalized spacial score (nSPS) is 19.8. The second-order valence-corrected chi connectivity index (χ2v) is 4.46. The fourth-order valence-electron chi connectivity index (χ4n) is 2.22. The van der Waals surface area contributed by atoms with E-state index in [9.17, 15) is 4.79 Å². The van der Waals surface area contributed by atoms with Gasteiger partial charge in [-0.3, -0.25) is 4.79 Å². The number of aromatic nitrogens is 3. The van der Waals surface area contributed by atoms with E-state index in [1.807, 2.05) is 23.2 Å². The van der Waals surface area contributed by atoms with Crippen LogP contribution >= 0.6 is 0 Å². The summed E-state index contributed by atoms with van der Waals surface area (Å²) in [5.74, 6) is -0.0160. The van der Waals surface area contributed by atoms with E-state index >= 15 is 0 Å². The van der Waals surface area contributed by atoms with Gasteiger partial charge in [0.2, 0.25) is 0 Å². The highest BCUT2D eigenvalue weighted by Crippen LogP contribution is 2.17. The number of fused-ring (bicyclic) bond motifs is 1. The van der Waals surface area contributed by atoms with Gasteiger partial charge in [0.05, 0.1) is 25.3 Å². The number of aliphatic carboxylic acids is 1. The maximum absolute atomic E-state index is 10.7. The number of nitrogens with zero attached hydrogens (tertiary/aromatic N) is 4. The van der Waals surface area contributed by atoms with Gasteiger partial charge in [0.25, 0.3) is 0 Å². The van der Waals surface area contributed by atoms with Crippen molar-refractivity contribution in [3.8, 4) is 0 Å². The van der Waals surface area contributed by atoms with Crippen molar-refractivity contribution in [2.24, 2.45) is 0 Å². The molecule has 3 rings (SSSR count). The van der Waals surface area contributed by atoms with E-state index in [0.29, 0.717) is 19.7 Å². The Hall–Kier alpha value is -2.15. The van der Waals surface area contributed by atoms with E-state index in [1.165, 1.54) is 0 Å². The number of anilines is 1. The standard InChI is InChI=1S/C12H14N4O3/c17-12(18)7-9-8-15(5-6-19-9)10-2-4-16-11(14-10)1-3-13-16/h1-4,9H,5-8H2,(H,17,18). The number of rotatable bonds is 3. The number of ether oxygens (including phenoxy) is 1. The Bertz CT molecular complexity index is 597. The summed E-state index contributed by atoms with van der Waals surface area (Å²) in [5, 5.41) is 12.9. The Kier molecular flexibility index (Phi) is 3.04. The van der Waals surface area contributed by atoms with Crippen molar-refractivity contribution in [1.29, 1.82) is 0 Å². The summed E-state index contributed by atoms with van der Waals surface area (Å²) in [5.41, 5.74) is 0.777. The monoisotopic (exact) mass is 262 g/mol. The van der Waals surface area contributed by atoms with Crippen LogP contribution in [-0.4, -0.2) is 51.5 Å². The minimum Gasteiger partial charge on any atom is -0.481 e. The fraction of sp³-hybridized carbons (Fsp3) is 0.417. The zero-order valence-electron chi connectivity index (χ0n) is 10.3. The Balaban J connectivity index is 1.78. The molecule has 0 bridgehead atoms. The first-order chi connectivity index (χ1) is 9.22. The first-order valence-electron chi connectivity index (χ1n) is 6.11. The molecule has 1 aliphatic rings. The SMILES string of the molecule is O=C(O)CC1CN(c2ccn3nccc3n2)CCO1. The molecule has 2 aromatic heterocycles. The number of hydrogen-bond acceptors (Lipinski definition) is 5. The highest BCUT2D eigenvalue weighted by molar-refractivity contribution is 5.67. The van der Waals surface area contributed by atoms with Crippen molar-refractivity contribution >= 4 is 17.4 Å². The molecule has 1 saturated heterocycles. The molecule has 7 heteroatoms. The summed E-state index contributed by atoms with van der Waals surface area (Å²) in [6.45, 7) is 1.78. The molecule has 1 aliphatic heterocycles. The number of morpholine rings is 1. The summed E-state index contributed by atoms with van der Waals surface area (Å²) >= 11 is 0. The van der Waals surface area contributed by atoms with Crippen LogP contribution in [0.15, 0.2) is 24.5 Å². The molecule has 0 aliphatic carbocycles. The molecule has 0 amide bonds. The van der Waals surface area contributed by atoms with Gasteiger partial charge in [0.15, 0.2) is 5.65 Å². The Labute approximate surface area is 109 Å². The Morgan fingerprint density at radius 3 is 3.26 bits per heavy atom. The van der Waals surface area contributed by atoms with Crippen molar-refractivity contribution in [3.05, 3.63) is 24.5 Å². The van der Waals surface area contributed by atoms with Crippen LogP contribution < -0.4 is 4.90 Å². The van der Waals surface area contributed by atoms with E-state index in [4.69, 9.17) is 9.84 Å². The van der Waals surface area contributed by atoms with Gasteiger partial charge in [-0.05, 0) is 6.07 Å². The van der Waals surface area contributed by atoms with Crippen molar-refractivity contribution in [3.63, 3.8) is 0 Å². The summed E-state index contributed by atoms with van der Waals surface area (Å²) < 4.78 is 7.14. The maximum Gasteiger partial charge on any atom is 0.306 e. The first-order valence-corrected chi connectivity index (χ1v) is 6.11. The van der Waals surface area contributed by atoms with Crippen LogP contribution in [0.5, 0.6) is 0 Å². The molecular weight excluding hydrogens is 248 g/mol. The molecule has 100 valence electrons. The lowest BCUT2D eigenvalue weighted by atomic mass is 10.2. The van der Waals surface area contributed by atoms with Crippen molar-refractivity contribution in [2.45, 2.75) is 12.5 Å². The fourth-order valence-corrected chi connectivity index (χ4v) is 2.22. The zero-order chi connectivity index (χ0) is 13.2. The minimum absolute atomic E-state index is 0.0193. The number of hydrogen-bond donors (Lipinski definition) is 1. The zero-order valence-corrected chi connectivity index (χ0v) is 10.3. The van der Waals surface area contributed by atoms with E-state index < -0.39 is 5.97 Å². The molecule has 2 aromatic rings. The summed E-state index contributed by atoms with van der Waals surface area (Å²) in [7, 11) is 0. The van der Waals surface area contributed by atoms with Crippen molar-refractivity contribution < 1.29 is 14.6 Å². The molecule has 1 unspecified atom stereocenters. The number of carboxylic acids is 1. The lowest BCUT2D eigenvalue weighted by Crippen LogP contribution is -2.43. The van der Waals surface area contributed by atoms with Gasteiger partial charge in [-0.15, -0.1) is 0 Å². The minimum atomic E-state index is -0.842. The highest BCUT2D eigenvalue weighted by atomic mass is 16.5. The summed E-state index contributed by atoms with van der Waals surface area (Å²) in [4.78, 5) is 17.3. The predicted octanol–water partition coefficient (Wildman–Crippen LogP) is 0.409. The second-order valence-electron chi connectivity index (χ2n) is 4.46. The molecule has 0 saturated carbocycles. The van der Waals surface area contributed by atoms with E-state index in [1.54, 1.807) is 10.7 Å². The van der Waals surface area contributed by atoms with Crippen LogP contribution in [0.25, 0.3) is 5.65 Å². The van der Waals surface area contributed by atoms with Gasteiger partial charge >= 0.3 is 5.97 Å². The molecule has 7 nitrogen and oxygen atoms in total. The van der Waals surface area contributed by atoms with Gasteiger partial charge in [-0.1, -0.05) is 0 Å².